The van der Waals surface area contributed by atoms with Crippen LogP contribution in [0.1, 0.15) is 6.42 Å². The molecule has 0 saturated carbocycles. The van der Waals surface area contributed by atoms with Crippen LogP contribution < -0.4 is 5.73 Å². The van der Waals surface area contributed by atoms with Gasteiger partial charge in [-0.15, -0.1) is 0 Å². The van der Waals surface area contributed by atoms with E-state index in [1.54, 1.807) is 7.11 Å². The summed E-state index contributed by atoms with van der Waals surface area (Å²) in [6.45, 7) is 1.42. The Bertz CT molecular complexity index is 607. The molecule has 8 heteroatoms. The number of ether oxygens (including phenoxy) is 1. The van der Waals surface area contributed by atoms with Gasteiger partial charge in [0.1, 0.15) is 4.90 Å². The molecule has 0 radical (unpaired) electrons. The Kier molecular flexibility index (Phi) is 4.81. The lowest BCUT2D eigenvalue weighted by Crippen LogP contribution is -2.29. The van der Waals surface area contributed by atoms with Crippen molar-refractivity contribution in [3.8, 4) is 0 Å². The zero-order valence-electron chi connectivity index (χ0n) is 11.0. The third-order valence-electron chi connectivity index (χ3n) is 3.36. The van der Waals surface area contributed by atoms with Crippen LogP contribution in [-0.4, -0.2) is 39.5 Å². The molecule has 1 aliphatic heterocycles. The molecule has 1 unspecified atom stereocenters. The number of hydrogen-bond acceptors (Lipinski definition) is 4. The van der Waals surface area contributed by atoms with E-state index in [-0.39, 0.29) is 26.5 Å². The number of nitrogens with zero attached hydrogens (tertiary/aromatic N) is 1. The number of rotatable bonds is 4. The van der Waals surface area contributed by atoms with Gasteiger partial charge in [0.05, 0.1) is 22.3 Å². The van der Waals surface area contributed by atoms with Gasteiger partial charge >= 0.3 is 0 Å². The van der Waals surface area contributed by atoms with Crippen molar-refractivity contribution in [1.82, 2.24) is 4.31 Å². The normalized spacial score (nSPS) is 20.4. The fourth-order valence-corrected chi connectivity index (χ4v) is 4.55. The van der Waals surface area contributed by atoms with Crippen molar-refractivity contribution < 1.29 is 13.2 Å². The Morgan fingerprint density at radius 3 is 2.80 bits per heavy atom. The molecule has 1 heterocycles. The molecule has 1 saturated heterocycles. The molecule has 1 atom stereocenters. The average Bonchev–Trinajstić information content (AvgIpc) is 2.85. The highest BCUT2D eigenvalue weighted by Gasteiger charge is 2.34. The van der Waals surface area contributed by atoms with E-state index in [1.807, 2.05) is 0 Å². The van der Waals surface area contributed by atoms with E-state index in [9.17, 15) is 8.42 Å². The van der Waals surface area contributed by atoms with Gasteiger partial charge in [0.25, 0.3) is 0 Å². The minimum absolute atomic E-state index is 0.000802. The molecule has 1 aliphatic rings. The van der Waals surface area contributed by atoms with Gasteiger partial charge < -0.3 is 10.5 Å². The summed E-state index contributed by atoms with van der Waals surface area (Å²) in [4.78, 5) is -0.000802. The van der Waals surface area contributed by atoms with Crippen LogP contribution in [0.3, 0.4) is 0 Å². The van der Waals surface area contributed by atoms with Crippen molar-refractivity contribution in [2.45, 2.75) is 11.3 Å². The second-order valence-electron chi connectivity index (χ2n) is 4.75. The smallest absolute Gasteiger partial charge is 0.244 e. The molecule has 1 fully saturated rings. The van der Waals surface area contributed by atoms with Crippen LogP contribution in [0.25, 0.3) is 0 Å². The Morgan fingerprint density at radius 1 is 1.45 bits per heavy atom. The van der Waals surface area contributed by atoms with E-state index in [0.29, 0.717) is 19.7 Å². The summed E-state index contributed by atoms with van der Waals surface area (Å²) in [7, 11) is -2.05. The van der Waals surface area contributed by atoms with Crippen LogP contribution in [-0.2, 0) is 14.8 Å². The fraction of sp³-hybridized carbons (Fsp3) is 0.500. The Hall–Kier alpha value is -0.530. The summed E-state index contributed by atoms with van der Waals surface area (Å²) in [6.07, 6.45) is 0.772. The molecule has 0 aliphatic carbocycles. The first-order valence-electron chi connectivity index (χ1n) is 6.10. The lowest BCUT2D eigenvalue weighted by molar-refractivity contribution is 0.157. The van der Waals surface area contributed by atoms with Gasteiger partial charge in [0, 0.05) is 20.2 Å². The molecule has 1 aromatic rings. The van der Waals surface area contributed by atoms with Gasteiger partial charge in [-0.1, -0.05) is 23.2 Å². The summed E-state index contributed by atoms with van der Waals surface area (Å²) in [5.41, 5.74) is 5.77. The zero-order valence-corrected chi connectivity index (χ0v) is 13.3. The van der Waals surface area contributed by atoms with E-state index < -0.39 is 10.0 Å². The highest BCUT2D eigenvalue weighted by molar-refractivity contribution is 7.89. The van der Waals surface area contributed by atoms with E-state index in [1.165, 1.54) is 16.4 Å². The topological polar surface area (TPSA) is 72.6 Å². The number of sulfonamides is 1. The summed E-state index contributed by atoms with van der Waals surface area (Å²) in [6, 6.07) is 2.83. The van der Waals surface area contributed by atoms with Crippen molar-refractivity contribution >= 4 is 38.9 Å². The molecule has 1 aromatic carbocycles. The number of nitrogens with two attached hydrogens (primary N) is 1. The van der Waals surface area contributed by atoms with Gasteiger partial charge in [-0.2, -0.15) is 4.31 Å². The standard InChI is InChI=1S/C12H16Cl2N2O3S/c1-19-7-8-4-5-16(6-8)20(17,18)10-3-2-9(13)12(15)11(10)14/h2-3,8H,4-7,15H2,1H3. The Balaban J connectivity index is 2.30. The maximum atomic E-state index is 12.6. The molecule has 2 rings (SSSR count). The lowest BCUT2D eigenvalue weighted by Gasteiger charge is -2.18. The molecule has 0 spiro atoms. The molecule has 2 N–H and O–H groups in total. The first kappa shape index (κ1) is 15.9. The lowest BCUT2D eigenvalue weighted by atomic mass is 10.1. The summed E-state index contributed by atoms with van der Waals surface area (Å²) in [5, 5.41) is 0.223. The second kappa shape index (κ2) is 6.07. The van der Waals surface area contributed by atoms with E-state index in [2.05, 4.69) is 0 Å². The maximum absolute atomic E-state index is 12.6. The van der Waals surface area contributed by atoms with E-state index in [0.717, 1.165) is 6.42 Å². The van der Waals surface area contributed by atoms with E-state index >= 15 is 0 Å². The highest BCUT2D eigenvalue weighted by atomic mass is 35.5. The number of halogens is 2. The minimum atomic E-state index is -3.65. The number of nitrogen functional groups attached to an aromatic ring is 1. The van der Waals surface area contributed by atoms with Crippen LogP contribution >= 0.6 is 23.2 Å². The van der Waals surface area contributed by atoms with Gasteiger partial charge in [0.15, 0.2) is 0 Å². The number of anilines is 1. The van der Waals surface area contributed by atoms with Crippen molar-refractivity contribution in [1.29, 1.82) is 0 Å². The predicted octanol–water partition coefficient (Wildman–Crippen LogP) is 2.23. The first-order valence-corrected chi connectivity index (χ1v) is 8.30. The van der Waals surface area contributed by atoms with Gasteiger partial charge in [0.2, 0.25) is 10.0 Å². The molecule has 0 aromatic heterocycles. The van der Waals surface area contributed by atoms with Crippen molar-refractivity contribution in [2.75, 3.05) is 32.5 Å². The second-order valence-corrected chi connectivity index (χ2v) is 7.44. The average molecular weight is 339 g/mol. The molecular weight excluding hydrogens is 323 g/mol. The van der Waals surface area contributed by atoms with Crippen molar-refractivity contribution in [2.24, 2.45) is 5.92 Å². The van der Waals surface area contributed by atoms with Gasteiger partial charge in [-0.25, -0.2) is 8.42 Å². The maximum Gasteiger partial charge on any atom is 0.244 e. The fourth-order valence-electron chi connectivity index (χ4n) is 2.27. The molecule has 0 amide bonds. The highest BCUT2D eigenvalue weighted by Crippen LogP contribution is 2.35. The summed E-state index contributed by atoms with van der Waals surface area (Å²) in [5.74, 6) is 0.207. The van der Waals surface area contributed by atoms with Crippen LogP contribution in [0.2, 0.25) is 10.0 Å². The van der Waals surface area contributed by atoms with Crippen LogP contribution in [0.4, 0.5) is 5.69 Å². The Morgan fingerprint density at radius 2 is 2.15 bits per heavy atom. The number of hydrogen-bond donors (Lipinski definition) is 1. The molecule has 5 nitrogen and oxygen atoms in total. The number of benzene rings is 1. The quantitative estimate of drug-likeness (QED) is 0.854. The molecule has 112 valence electrons. The summed E-state index contributed by atoms with van der Waals surface area (Å²) >= 11 is 11.8. The van der Waals surface area contributed by atoms with Gasteiger partial charge in [-0.3, -0.25) is 0 Å². The van der Waals surface area contributed by atoms with Gasteiger partial charge in [-0.05, 0) is 24.5 Å². The van der Waals surface area contributed by atoms with Crippen LogP contribution in [0.15, 0.2) is 17.0 Å². The summed E-state index contributed by atoms with van der Waals surface area (Å²) < 4.78 is 31.6. The Labute approximate surface area is 128 Å². The predicted molar refractivity (Wildman–Crippen MR) is 79.6 cm³/mol. The molecular formula is C12H16Cl2N2O3S. The van der Waals surface area contributed by atoms with Crippen molar-refractivity contribution in [3.05, 3.63) is 22.2 Å². The van der Waals surface area contributed by atoms with Crippen LogP contribution in [0, 0.1) is 5.92 Å². The van der Waals surface area contributed by atoms with Crippen molar-refractivity contribution in [3.63, 3.8) is 0 Å². The van der Waals surface area contributed by atoms with E-state index in [4.69, 9.17) is 33.7 Å². The minimum Gasteiger partial charge on any atom is -0.396 e. The molecule has 20 heavy (non-hydrogen) atoms. The SMILES string of the molecule is COCC1CCN(S(=O)(=O)c2ccc(Cl)c(N)c2Cl)C1. The first-order chi connectivity index (χ1) is 9.37. The van der Waals surface area contributed by atoms with Crippen LogP contribution in [0.5, 0.6) is 0 Å². The zero-order chi connectivity index (χ0) is 14.9. The third-order valence-corrected chi connectivity index (χ3v) is 6.12. The monoisotopic (exact) mass is 338 g/mol. The largest absolute Gasteiger partial charge is 0.396 e. The molecule has 0 bridgehead atoms. The third kappa shape index (κ3) is 2.89. The number of methoxy groups -OCH3 is 1.